The molecule has 1 saturated carbocycles. The minimum absolute atomic E-state index is 0.0894. The van der Waals surface area contributed by atoms with E-state index in [0.717, 1.165) is 18.8 Å². The first-order valence-electron chi connectivity index (χ1n) is 7.09. The van der Waals surface area contributed by atoms with Gasteiger partial charge in [0.25, 0.3) is 5.91 Å². The molecule has 0 saturated heterocycles. The van der Waals surface area contributed by atoms with Gasteiger partial charge in [0.1, 0.15) is 0 Å². The number of hydrogen-bond acceptors (Lipinski definition) is 3. The Morgan fingerprint density at radius 2 is 2.00 bits per heavy atom. The third kappa shape index (κ3) is 4.06. The van der Waals surface area contributed by atoms with Crippen molar-refractivity contribution >= 4 is 29.1 Å². The molecule has 1 fully saturated rings. The van der Waals surface area contributed by atoms with E-state index in [2.05, 4.69) is 22.4 Å². The molecule has 0 bridgehead atoms. The maximum Gasteiger partial charge on any atom is 0.254 e. The van der Waals surface area contributed by atoms with Crippen LogP contribution in [0, 0.1) is 5.92 Å². The summed E-state index contributed by atoms with van der Waals surface area (Å²) in [6.45, 7) is 2.22. The molecule has 0 aromatic carbocycles. The topological polar surface area (TPSA) is 54.9 Å². The highest BCUT2D eigenvalue weighted by atomic mass is 35.5. The Labute approximate surface area is 129 Å². The van der Waals surface area contributed by atoms with Crippen LogP contribution in [0.25, 0.3) is 0 Å². The van der Waals surface area contributed by atoms with Gasteiger partial charge in [0.05, 0.1) is 5.56 Å². The van der Waals surface area contributed by atoms with Crippen LogP contribution in [0.5, 0.6) is 0 Å². The van der Waals surface area contributed by atoms with Gasteiger partial charge >= 0.3 is 0 Å². The van der Waals surface area contributed by atoms with Gasteiger partial charge in [-0.05, 0) is 37.7 Å². The Hall–Kier alpha value is -0.870. The highest BCUT2D eigenvalue weighted by Gasteiger charge is 2.23. The SMILES string of the molecule is CCCC1CCC(NC(=O)c2cc(Cl)nnc2Cl)CC1. The normalized spacial score (nSPS) is 22.6. The molecule has 1 aliphatic carbocycles. The number of hydrogen-bond donors (Lipinski definition) is 1. The smallest absolute Gasteiger partial charge is 0.254 e. The molecule has 2 rings (SSSR count). The standard InChI is InChI=1S/C14H19Cl2N3O/c1-2-3-9-4-6-10(7-5-9)17-14(20)11-8-12(15)18-19-13(11)16/h8-10H,2-7H2,1H3,(H,17,20). The van der Waals surface area contributed by atoms with Crippen molar-refractivity contribution in [3.05, 3.63) is 21.9 Å². The fraction of sp³-hybridized carbons (Fsp3) is 0.643. The summed E-state index contributed by atoms with van der Waals surface area (Å²) in [4.78, 5) is 12.2. The summed E-state index contributed by atoms with van der Waals surface area (Å²) in [6.07, 6.45) is 6.94. The molecule has 1 N–H and O–H groups in total. The van der Waals surface area contributed by atoms with Crippen LogP contribution < -0.4 is 5.32 Å². The Morgan fingerprint density at radius 1 is 1.30 bits per heavy atom. The Kier molecular flexibility index (Phi) is 5.61. The van der Waals surface area contributed by atoms with Gasteiger partial charge in [-0.1, -0.05) is 43.0 Å². The average molecular weight is 316 g/mol. The van der Waals surface area contributed by atoms with E-state index in [1.165, 1.54) is 31.7 Å². The van der Waals surface area contributed by atoms with Crippen molar-refractivity contribution in [3.8, 4) is 0 Å². The number of aromatic nitrogens is 2. The molecule has 4 nitrogen and oxygen atoms in total. The van der Waals surface area contributed by atoms with E-state index in [-0.39, 0.29) is 22.3 Å². The van der Waals surface area contributed by atoms with Crippen molar-refractivity contribution in [1.82, 2.24) is 15.5 Å². The van der Waals surface area contributed by atoms with Gasteiger partial charge in [0.15, 0.2) is 10.3 Å². The number of rotatable bonds is 4. The molecule has 20 heavy (non-hydrogen) atoms. The van der Waals surface area contributed by atoms with Gasteiger partial charge in [0, 0.05) is 6.04 Å². The van der Waals surface area contributed by atoms with Crippen LogP contribution >= 0.6 is 23.2 Å². The third-order valence-electron chi connectivity index (χ3n) is 3.84. The predicted molar refractivity (Wildman–Crippen MR) is 80.2 cm³/mol. The van der Waals surface area contributed by atoms with Gasteiger partial charge in [-0.3, -0.25) is 4.79 Å². The van der Waals surface area contributed by atoms with Crippen LogP contribution in [0.4, 0.5) is 0 Å². The molecule has 1 heterocycles. The van der Waals surface area contributed by atoms with Crippen molar-refractivity contribution in [2.75, 3.05) is 0 Å². The number of carbonyl (C=O) groups is 1. The Balaban J connectivity index is 1.91. The zero-order valence-electron chi connectivity index (χ0n) is 11.5. The monoisotopic (exact) mass is 315 g/mol. The van der Waals surface area contributed by atoms with E-state index < -0.39 is 0 Å². The van der Waals surface area contributed by atoms with E-state index in [1.54, 1.807) is 0 Å². The first kappa shape index (κ1) is 15.5. The Morgan fingerprint density at radius 3 is 2.65 bits per heavy atom. The predicted octanol–water partition coefficient (Wildman–Crippen LogP) is 3.87. The van der Waals surface area contributed by atoms with E-state index in [4.69, 9.17) is 23.2 Å². The van der Waals surface area contributed by atoms with E-state index >= 15 is 0 Å². The fourth-order valence-electron chi connectivity index (χ4n) is 2.78. The van der Waals surface area contributed by atoms with E-state index in [9.17, 15) is 4.79 Å². The number of nitrogens with zero attached hydrogens (tertiary/aromatic N) is 2. The quantitative estimate of drug-likeness (QED) is 0.917. The first-order valence-corrected chi connectivity index (χ1v) is 7.85. The number of amides is 1. The summed E-state index contributed by atoms with van der Waals surface area (Å²) in [7, 11) is 0. The lowest BCUT2D eigenvalue weighted by molar-refractivity contribution is 0.0920. The maximum absolute atomic E-state index is 12.2. The number of nitrogens with one attached hydrogen (secondary N) is 1. The van der Waals surface area contributed by atoms with Crippen molar-refractivity contribution in [2.24, 2.45) is 5.92 Å². The summed E-state index contributed by atoms with van der Waals surface area (Å²) in [5.41, 5.74) is 0.294. The summed E-state index contributed by atoms with van der Waals surface area (Å²) in [6, 6.07) is 1.67. The molecule has 1 aliphatic rings. The summed E-state index contributed by atoms with van der Waals surface area (Å²) in [5.74, 6) is 0.597. The fourth-order valence-corrected chi connectivity index (χ4v) is 3.10. The molecule has 6 heteroatoms. The molecule has 110 valence electrons. The summed E-state index contributed by atoms with van der Waals surface area (Å²) < 4.78 is 0. The van der Waals surface area contributed by atoms with E-state index in [1.807, 2.05) is 0 Å². The molecule has 1 amide bonds. The van der Waals surface area contributed by atoms with Crippen LogP contribution in [0.1, 0.15) is 55.8 Å². The Bertz CT molecular complexity index is 473. The molecular weight excluding hydrogens is 297 g/mol. The van der Waals surface area contributed by atoms with Crippen molar-refractivity contribution in [1.29, 1.82) is 0 Å². The highest BCUT2D eigenvalue weighted by molar-refractivity contribution is 6.34. The maximum atomic E-state index is 12.2. The minimum Gasteiger partial charge on any atom is -0.349 e. The van der Waals surface area contributed by atoms with Gasteiger partial charge in [0.2, 0.25) is 0 Å². The minimum atomic E-state index is -0.217. The van der Waals surface area contributed by atoms with Gasteiger partial charge < -0.3 is 5.32 Å². The van der Waals surface area contributed by atoms with Gasteiger partial charge in [-0.15, -0.1) is 10.2 Å². The molecule has 0 aliphatic heterocycles. The lowest BCUT2D eigenvalue weighted by Gasteiger charge is -2.29. The zero-order chi connectivity index (χ0) is 14.5. The number of carbonyl (C=O) groups excluding carboxylic acids is 1. The average Bonchev–Trinajstić information content (AvgIpc) is 2.44. The first-order chi connectivity index (χ1) is 9.60. The molecule has 1 aromatic rings. The van der Waals surface area contributed by atoms with Gasteiger partial charge in [-0.25, -0.2) is 0 Å². The second-order valence-electron chi connectivity index (χ2n) is 5.35. The van der Waals surface area contributed by atoms with Crippen LogP contribution in [0.15, 0.2) is 6.07 Å². The largest absolute Gasteiger partial charge is 0.349 e. The lowest BCUT2D eigenvalue weighted by atomic mass is 9.83. The molecule has 0 spiro atoms. The van der Waals surface area contributed by atoms with Crippen LogP contribution in [0.3, 0.4) is 0 Å². The zero-order valence-corrected chi connectivity index (χ0v) is 13.0. The third-order valence-corrected chi connectivity index (χ3v) is 4.31. The van der Waals surface area contributed by atoms with Crippen molar-refractivity contribution in [3.63, 3.8) is 0 Å². The lowest BCUT2D eigenvalue weighted by Crippen LogP contribution is -2.37. The molecule has 0 atom stereocenters. The molecular formula is C14H19Cl2N3O. The molecule has 0 unspecified atom stereocenters. The van der Waals surface area contributed by atoms with Crippen LogP contribution in [0.2, 0.25) is 10.3 Å². The number of halogens is 2. The van der Waals surface area contributed by atoms with Gasteiger partial charge in [-0.2, -0.15) is 0 Å². The van der Waals surface area contributed by atoms with Crippen LogP contribution in [-0.2, 0) is 0 Å². The van der Waals surface area contributed by atoms with Crippen LogP contribution in [-0.4, -0.2) is 22.1 Å². The van der Waals surface area contributed by atoms with Crippen molar-refractivity contribution in [2.45, 2.75) is 51.5 Å². The summed E-state index contributed by atoms with van der Waals surface area (Å²) >= 11 is 11.6. The second-order valence-corrected chi connectivity index (χ2v) is 6.10. The van der Waals surface area contributed by atoms with Crippen molar-refractivity contribution < 1.29 is 4.79 Å². The van der Waals surface area contributed by atoms with E-state index in [0.29, 0.717) is 5.56 Å². The molecule has 1 aromatic heterocycles. The second kappa shape index (κ2) is 7.23. The highest BCUT2D eigenvalue weighted by Crippen LogP contribution is 2.28. The molecule has 0 radical (unpaired) electrons. The summed E-state index contributed by atoms with van der Waals surface area (Å²) in [5, 5.41) is 10.5.